The third-order valence-electron chi connectivity index (χ3n) is 2.79. The van der Waals surface area contributed by atoms with Crippen molar-refractivity contribution in [2.75, 3.05) is 11.9 Å². The van der Waals surface area contributed by atoms with E-state index in [1.54, 1.807) is 0 Å². The highest BCUT2D eigenvalue weighted by Crippen LogP contribution is 2.31. The molecular weight excluding hydrogens is 174 g/mol. The molecule has 1 N–H and O–H groups in total. The van der Waals surface area contributed by atoms with Crippen molar-refractivity contribution in [2.24, 2.45) is 0 Å². The van der Waals surface area contributed by atoms with Gasteiger partial charge in [-0.15, -0.1) is 0 Å². The van der Waals surface area contributed by atoms with E-state index in [1.807, 2.05) is 0 Å². The lowest BCUT2D eigenvalue weighted by Crippen LogP contribution is -2.12. The lowest BCUT2D eigenvalue weighted by molar-refractivity contribution is 0.221. The minimum atomic E-state index is 0.311. The summed E-state index contributed by atoms with van der Waals surface area (Å²) >= 11 is 0. The Labute approximate surface area is 85.3 Å². The first-order chi connectivity index (χ1) is 6.66. The summed E-state index contributed by atoms with van der Waals surface area (Å²) in [7, 11) is 0. The van der Waals surface area contributed by atoms with Crippen molar-refractivity contribution < 1.29 is 4.74 Å². The monoisotopic (exact) mass is 191 g/mol. The van der Waals surface area contributed by atoms with Crippen LogP contribution in [-0.4, -0.2) is 12.6 Å². The van der Waals surface area contributed by atoms with E-state index in [0.29, 0.717) is 6.10 Å². The van der Waals surface area contributed by atoms with Crippen LogP contribution in [0, 0.1) is 13.8 Å². The summed E-state index contributed by atoms with van der Waals surface area (Å²) in [5.41, 5.74) is 3.74. The van der Waals surface area contributed by atoms with E-state index in [2.05, 4.69) is 38.2 Å². The van der Waals surface area contributed by atoms with E-state index in [4.69, 9.17) is 4.74 Å². The predicted molar refractivity (Wildman–Crippen MR) is 59.1 cm³/mol. The quantitative estimate of drug-likeness (QED) is 0.680. The summed E-state index contributed by atoms with van der Waals surface area (Å²) in [5.74, 6) is 0.998. The number of aryl methyl sites for hydroxylation is 2. The van der Waals surface area contributed by atoms with Crippen molar-refractivity contribution in [1.82, 2.24) is 0 Å². The van der Waals surface area contributed by atoms with Gasteiger partial charge in [-0.25, -0.2) is 0 Å². The van der Waals surface area contributed by atoms with Gasteiger partial charge in [-0.05, 0) is 44.0 Å². The molecule has 1 heterocycles. The van der Waals surface area contributed by atoms with E-state index in [-0.39, 0.29) is 0 Å². The summed E-state index contributed by atoms with van der Waals surface area (Å²) in [6.07, 6.45) is 1.37. The molecule has 0 saturated heterocycles. The van der Waals surface area contributed by atoms with Gasteiger partial charge < -0.3 is 10.1 Å². The van der Waals surface area contributed by atoms with Crippen LogP contribution in [0.25, 0.3) is 0 Å². The Bertz CT molecular complexity index is 346. The fraction of sp³-hybridized carbons (Fsp3) is 0.500. The number of fused-ring (bicyclic) bond motifs is 1. The van der Waals surface area contributed by atoms with Crippen LogP contribution in [-0.2, 0) is 0 Å². The van der Waals surface area contributed by atoms with Crippen molar-refractivity contribution in [1.29, 1.82) is 0 Å². The van der Waals surface area contributed by atoms with Crippen molar-refractivity contribution in [3.8, 4) is 5.75 Å². The number of hydrogen-bond acceptors (Lipinski definition) is 2. The Kier molecular flexibility index (Phi) is 2.36. The van der Waals surface area contributed by atoms with Crippen molar-refractivity contribution in [2.45, 2.75) is 33.3 Å². The van der Waals surface area contributed by atoms with Crippen LogP contribution in [0.4, 0.5) is 5.69 Å². The first-order valence-corrected chi connectivity index (χ1v) is 5.18. The molecular formula is C12H17NO. The predicted octanol–water partition coefficient (Wildman–Crippen LogP) is 2.89. The van der Waals surface area contributed by atoms with Crippen LogP contribution in [0.3, 0.4) is 0 Å². The largest absolute Gasteiger partial charge is 0.488 e. The molecule has 1 unspecified atom stereocenters. The lowest BCUT2D eigenvalue weighted by Gasteiger charge is -2.13. The van der Waals surface area contributed by atoms with Gasteiger partial charge in [-0.3, -0.25) is 0 Å². The van der Waals surface area contributed by atoms with Crippen LogP contribution >= 0.6 is 0 Å². The molecule has 2 heteroatoms. The fourth-order valence-electron chi connectivity index (χ4n) is 1.71. The second kappa shape index (κ2) is 3.52. The molecule has 0 saturated carbocycles. The van der Waals surface area contributed by atoms with Gasteiger partial charge >= 0.3 is 0 Å². The zero-order chi connectivity index (χ0) is 10.1. The first kappa shape index (κ1) is 9.38. The Hall–Kier alpha value is -1.18. The summed E-state index contributed by atoms with van der Waals surface area (Å²) < 4.78 is 5.83. The zero-order valence-corrected chi connectivity index (χ0v) is 9.05. The van der Waals surface area contributed by atoms with Gasteiger partial charge in [0, 0.05) is 13.0 Å². The van der Waals surface area contributed by atoms with Crippen LogP contribution < -0.4 is 10.1 Å². The summed E-state index contributed by atoms with van der Waals surface area (Å²) in [6, 6.07) is 4.29. The minimum Gasteiger partial charge on any atom is -0.488 e. The topological polar surface area (TPSA) is 21.3 Å². The zero-order valence-electron chi connectivity index (χ0n) is 9.05. The maximum atomic E-state index is 5.83. The third kappa shape index (κ3) is 1.69. The average molecular weight is 191 g/mol. The highest BCUT2D eigenvalue weighted by Gasteiger charge is 2.14. The molecule has 0 aliphatic carbocycles. The second-order valence-electron chi connectivity index (χ2n) is 4.08. The second-order valence-corrected chi connectivity index (χ2v) is 4.08. The molecule has 1 atom stereocenters. The number of benzene rings is 1. The molecule has 0 aromatic heterocycles. The van der Waals surface area contributed by atoms with E-state index in [0.717, 1.165) is 24.4 Å². The number of ether oxygens (including phenoxy) is 1. The third-order valence-corrected chi connectivity index (χ3v) is 2.79. The van der Waals surface area contributed by atoms with E-state index in [1.165, 1.54) is 11.1 Å². The number of nitrogens with one attached hydrogen (secondary N) is 1. The van der Waals surface area contributed by atoms with Gasteiger partial charge in [0.25, 0.3) is 0 Å². The molecule has 0 amide bonds. The smallest absolute Gasteiger partial charge is 0.143 e. The van der Waals surface area contributed by atoms with Gasteiger partial charge in [-0.2, -0.15) is 0 Å². The molecule has 1 aliphatic rings. The molecule has 14 heavy (non-hydrogen) atoms. The van der Waals surface area contributed by atoms with Crippen LogP contribution in [0.2, 0.25) is 0 Å². The molecule has 1 aliphatic heterocycles. The molecule has 0 bridgehead atoms. The summed E-state index contributed by atoms with van der Waals surface area (Å²) in [4.78, 5) is 0. The first-order valence-electron chi connectivity index (χ1n) is 5.18. The summed E-state index contributed by atoms with van der Waals surface area (Å²) in [5, 5.41) is 3.40. The molecule has 2 nitrogen and oxygen atoms in total. The van der Waals surface area contributed by atoms with Gasteiger partial charge in [0.2, 0.25) is 0 Å². The van der Waals surface area contributed by atoms with Gasteiger partial charge in [-0.1, -0.05) is 0 Å². The molecule has 1 aromatic carbocycles. The average Bonchev–Trinajstić information content (AvgIpc) is 2.28. The van der Waals surface area contributed by atoms with E-state index in [9.17, 15) is 0 Å². The van der Waals surface area contributed by atoms with Crippen molar-refractivity contribution in [3.05, 3.63) is 23.3 Å². The van der Waals surface area contributed by atoms with Gasteiger partial charge in [0.15, 0.2) is 0 Å². The molecule has 76 valence electrons. The minimum absolute atomic E-state index is 0.311. The number of rotatable bonds is 0. The van der Waals surface area contributed by atoms with Crippen molar-refractivity contribution >= 4 is 5.69 Å². The van der Waals surface area contributed by atoms with Gasteiger partial charge in [0.05, 0.1) is 11.8 Å². The maximum absolute atomic E-state index is 5.83. The van der Waals surface area contributed by atoms with Crippen LogP contribution in [0.1, 0.15) is 24.5 Å². The fourth-order valence-corrected chi connectivity index (χ4v) is 1.71. The maximum Gasteiger partial charge on any atom is 0.143 e. The lowest BCUT2D eigenvalue weighted by atomic mass is 10.1. The van der Waals surface area contributed by atoms with E-state index < -0.39 is 0 Å². The Morgan fingerprint density at radius 3 is 2.79 bits per heavy atom. The van der Waals surface area contributed by atoms with E-state index >= 15 is 0 Å². The standard InChI is InChI=1S/C12H17NO/c1-8-6-11-12(7-9(8)2)14-10(3)4-5-13-11/h6-7,10,13H,4-5H2,1-3H3. The number of hydrogen-bond donors (Lipinski definition) is 1. The Morgan fingerprint density at radius 1 is 1.29 bits per heavy atom. The SMILES string of the molecule is Cc1cc2c(cc1C)OC(C)CCN2. The van der Waals surface area contributed by atoms with Crippen molar-refractivity contribution in [3.63, 3.8) is 0 Å². The molecule has 1 aromatic rings. The molecule has 0 fully saturated rings. The highest BCUT2D eigenvalue weighted by molar-refractivity contribution is 5.60. The number of anilines is 1. The Morgan fingerprint density at radius 2 is 2.00 bits per heavy atom. The highest BCUT2D eigenvalue weighted by atomic mass is 16.5. The van der Waals surface area contributed by atoms with Gasteiger partial charge in [0.1, 0.15) is 5.75 Å². The summed E-state index contributed by atoms with van der Waals surface area (Å²) in [6.45, 7) is 7.36. The Balaban J connectivity index is 2.41. The molecule has 0 spiro atoms. The normalized spacial score (nSPS) is 20.4. The molecule has 2 rings (SSSR count). The van der Waals surface area contributed by atoms with Crippen LogP contribution in [0.15, 0.2) is 12.1 Å². The van der Waals surface area contributed by atoms with Crippen LogP contribution in [0.5, 0.6) is 5.75 Å². The molecule has 0 radical (unpaired) electrons.